The van der Waals surface area contributed by atoms with E-state index in [1.807, 2.05) is 26.0 Å². The largest absolute Gasteiger partial charge is 0.326 e. The van der Waals surface area contributed by atoms with E-state index < -0.39 is 4.92 Å². The number of nitrogens with one attached hydrogen (secondary N) is 1. The number of hydrogen-bond acceptors (Lipinski definition) is 3. The van der Waals surface area contributed by atoms with Crippen molar-refractivity contribution in [1.82, 2.24) is 0 Å². The van der Waals surface area contributed by atoms with Crippen LogP contribution in [0, 0.1) is 24.0 Å². The second-order valence-corrected chi connectivity index (χ2v) is 6.20. The van der Waals surface area contributed by atoms with Crippen molar-refractivity contribution in [3.63, 3.8) is 0 Å². The number of nitrogens with zero attached hydrogens (tertiary/aromatic N) is 1. The molecule has 0 unspecified atom stereocenters. The molecule has 1 amide bonds. The number of nitro groups is 1. The summed E-state index contributed by atoms with van der Waals surface area (Å²) in [6, 6.07) is 8.71. The Morgan fingerprint density at radius 2 is 1.91 bits per heavy atom. The highest BCUT2D eigenvalue weighted by Gasteiger charge is 2.28. The number of aryl methyl sites for hydroxylation is 2. The fourth-order valence-electron chi connectivity index (χ4n) is 2.92. The molecule has 23 heavy (non-hydrogen) atoms. The molecule has 0 aromatic heterocycles. The lowest BCUT2D eigenvalue weighted by molar-refractivity contribution is -0.384. The average Bonchev–Trinajstić information content (AvgIpc) is 2.48. The van der Waals surface area contributed by atoms with Crippen molar-refractivity contribution in [3.8, 4) is 0 Å². The lowest BCUT2D eigenvalue weighted by atomic mass is 9.83. The Balaban J connectivity index is 2.15. The molecule has 1 N–H and O–H groups in total. The molecular formula is C17H15ClN2O3. The Morgan fingerprint density at radius 3 is 2.61 bits per heavy atom. The summed E-state index contributed by atoms with van der Waals surface area (Å²) in [4.78, 5) is 22.6. The topological polar surface area (TPSA) is 72.2 Å². The van der Waals surface area contributed by atoms with Crippen molar-refractivity contribution in [1.29, 1.82) is 0 Å². The van der Waals surface area contributed by atoms with Crippen molar-refractivity contribution < 1.29 is 9.72 Å². The highest BCUT2D eigenvalue weighted by Crippen LogP contribution is 2.40. The average molecular weight is 331 g/mol. The van der Waals surface area contributed by atoms with E-state index in [4.69, 9.17) is 11.6 Å². The summed E-state index contributed by atoms with van der Waals surface area (Å²) in [5.41, 5.74) is 4.54. The van der Waals surface area contributed by atoms with Crippen LogP contribution < -0.4 is 5.32 Å². The highest BCUT2D eigenvalue weighted by atomic mass is 35.5. The van der Waals surface area contributed by atoms with Crippen LogP contribution in [0.15, 0.2) is 30.3 Å². The van der Waals surface area contributed by atoms with Gasteiger partial charge in [-0.15, -0.1) is 0 Å². The third-order valence-electron chi connectivity index (χ3n) is 4.27. The van der Waals surface area contributed by atoms with Gasteiger partial charge in [-0.05, 0) is 48.2 Å². The molecule has 0 fully saturated rings. The van der Waals surface area contributed by atoms with Gasteiger partial charge >= 0.3 is 0 Å². The summed E-state index contributed by atoms with van der Waals surface area (Å²) in [7, 11) is 0. The number of carbonyl (C=O) groups is 1. The molecule has 5 nitrogen and oxygen atoms in total. The van der Waals surface area contributed by atoms with Gasteiger partial charge in [-0.25, -0.2) is 0 Å². The summed E-state index contributed by atoms with van der Waals surface area (Å²) >= 11 is 5.88. The predicted octanol–water partition coefficient (Wildman–Crippen LogP) is 4.34. The van der Waals surface area contributed by atoms with Gasteiger partial charge in [-0.2, -0.15) is 0 Å². The Kier molecular flexibility index (Phi) is 3.82. The normalized spacial score (nSPS) is 16.7. The van der Waals surface area contributed by atoms with Crippen molar-refractivity contribution in [2.24, 2.45) is 0 Å². The molecule has 118 valence electrons. The first-order valence-corrected chi connectivity index (χ1v) is 7.59. The quantitative estimate of drug-likeness (QED) is 0.657. The minimum absolute atomic E-state index is 0.0941. The highest BCUT2D eigenvalue weighted by molar-refractivity contribution is 6.32. The maximum Gasteiger partial charge on any atom is 0.288 e. The van der Waals surface area contributed by atoms with Crippen LogP contribution in [-0.2, 0) is 4.79 Å². The van der Waals surface area contributed by atoms with E-state index in [1.165, 1.54) is 12.1 Å². The van der Waals surface area contributed by atoms with Crippen LogP contribution in [0.3, 0.4) is 0 Å². The van der Waals surface area contributed by atoms with Crippen molar-refractivity contribution in [2.45, 2.75) is 26.2 Å². The monoisotopic (exact) mass is 330 g/mol. The van der Waals surface area contributed by atoms with E-state index in [2.05, 4.69) is 5.32 Å². The molecule has 0 aliphatic carbocycles. The van der Waals surface area contributed by atoms with Crippen LogP contribution in [0.1, 0.15) is 34.6 Å². The van der Waals surface area contributed by atoms with Gasteiger partial charge in [0.05, 0.1) is 4.92 Å². The summed E-state index contributed by atoms with van der Waals surface area (Å²) in [5, 5.41) is 14.1. The fourth-order valence-corrected chi connectivity index (χ4v) is 3.10. The molecule has 1 aliphatic heterocycles. The molecule has 3 rings (SSSR count). The summed E-state index contributed by atoms with van der Waals surface area (Å²) in [6.07, 6.45) is 0.258. The van der Waals surface area contributed by atoms with Gasteiger partial charge in [0, 0.05) is 24.1 Å². The molecule has 6 heteroatoms. The molecular weight excluding hydrogens is 316 g/mol. The molecule has 1 aliphatic rings. The van der Waals surface area contributed by atoms with Crippen LogP contribution in [-0.4, -0.2) is 10.8 Å². The molecule has 0 saturated carbocycles. The first-order chi connectivity index (χ1) is 10.9. The Morgan fingerprint density at radius 1 is 1.22 bits per heavy atom. The van der Waals surface area contributed by atoms with E-state index in [0.29, 0.717) is 0 Å². The Bertz CT molecular complexity index is 833. The van der Waals surface area contributed by atoms with Gasteiger partial charge in [0.2, 0.25) is 5.91 Å². The molecule has 0 radical (unpaired) electrons. The minimum atomic E-state index is -0.504. The second-order valence-electron chi connectivity index (χ2n) is 5.80. The zero-order chi connectivity index (χ0) is 16.7. The van der Waals surface area contributed by atoms with Gasteiger partial charge in [-0.1, -0.05) is 23.7 Å². The maximum absolute atomic E-state index is 12.0. The first kappa shape index (κ1) is 15.5. The third kappa shape index (κ3) is 2.80. The van der Waals surface area contributed by atoms with Gasteiger partial charge in [0.15, 0.2) is 0 Å². The lowest BCUT2D eigenvalue weighted by Crippen LogP contribution is -2.24. The summed E-state index contributed by atoms with van der Waals surface area (Å²) in [5.74, 6) is -0.308. The summed E-state index contributed by atoms with van der Waals surface area (Å²) in [6.45, 7) is 3.99. The number of benzene rings is 2. The SMILES string of the molecule is Cc1cc2c(cc1C)[C@@H](c1ccc(Cl)c([N+](=O)[O-])c1)CC(=O)N2. The van der Waals surface area contributed by atoms with E-state index in [9.17, 15) is 14.9 Å². The summed E-state index contributed by atoms with van der Waals surface area (Å²) < 4.78 is 0. The molecule has 1 heterocycles. The lowest BCUT2D eigenvalue weighted by Gasteiger charge is -2.27. The van der Waals surface area contributed by atoms with Crippen LogP contribution in [0.4, 0.5) is 11.4 Å². The molecule has 0 spiro atoms. The zero-order valence-electron chi connectivity index (χ0n) is 12.7. The minimum Gasteiger partial charge on any atom is -0.326 e. The standard InChI is InChI=1S/C17H15ClN2O3/c1-9-5-13-12(8-17(21)19-15(13)6-10(9)2)11-3-4-14(18)16(7-11)20(22)23/h3-7,12H,8H2,1-2H3,(H,19,21)/t12-/m1/s1. The van der Waals surface area contributed by atoms with Crippen LogP contribution >= 0.6 is 11.6 Å². The number of anilines is 1. The number of fused-ring (bicyclic) bond motifs is 1. The van der Waals surface area contributed by atoms with E-state index >= 15 is 0 Å². The molecule has 0 saturated heterocycles. The smallest absolute Gasteiger partial charge is 0.288 e. The Hall–Kier alpha value is -2.40. The van der Waals surface area contributed by atoms with Crippen LogP contribution in [0.25, 0.3) is 0 Å². The fraction of sp³-hybridized carbons (Fsp3) is 0.235. The van der Waals surface area contributed by atoms with Gasteiger partial charge in [0.25, 0.3) is 5.69 Å². The van der Waals surface area contributed by atoms with Crippen molar-refractivity contribution >= 4 is 28.9 Å². The second kappa shape index (κ2) is 5.66. The van der Waals surface area contributed by atoms with Gasteiger partial charge in [0.1, 0.15) is 5.02 Å². The number of halogens is 1. The maximum atomic E-state index is 12.0. The van der Waals surface area contributed by atoms with Gasteiger partial charge in [-0.3, -0.25) is 14.9 Å². The molecule has 2 aromatic rings. The predicted molar refractivity (Wildman–Crippen MR) is 89.1 cm³/mol. The van der Waals surface area contributed by atoms with E-state index in [0.717, 1.165) is 27.9 Å². The number of nitro benzene ring substituents is 1. The molecule has 1 atom stereocenters. The van der Waals surface area contributed by atoms with E-state index in [1.54, 1.807) is 6.07 Å². The number of amides is 1. The van der Waals surface area contributed by atoms with E-state index in [-0.39, 0.29) is 29.0 Å². The van der Waals surface area contributed by atoms with Crippen LogP contribution in [0.2, 0.25) is 5.02 Å². The first-order valence-electron chi connectivity index (χ1n) is 7.21. The van der Waals surface area contributed by atoms with Gasteiger partial charge < -0.3 is 5.32 Å². The number of rotatable bonds is 2. The van der Waals surface area contributed by atoms with Crippen molar-refractivity contribution in [2.75, 3.05) is 5.32 Å². The number of hydrogen-bond donors (Lipinski definition) is 1. The Labute approximate surface area is 138 Å². The molecule has 2 aromatic carbocycles. The number of carbonyl (C=O) groups excluding carboxylic acids is 1. The third-order valence-corrected chi connectivity index (χ3v) is 4.59. The van der Waals surface area contributed by atoms with Crippen LogP contribution in [0.5, 0.6) is 0 Å². The zero-order valence-corrected chi connectivity index (χ0v) is 13.5. The molecule has 0 bridgehead atoms. The van der Waals surface area contributed by atoms with Crippen molar-refractivity contribution in [3.05, 3.63) is 67.7 Å².